The van der Waals surface area contributed by atoms with Crippen molar-refractivity contribution in [1.82, 2.24) is 0 Å². The van der Waals surface area contributed by atoms with E-state index in [2.05, 4.69) is 6.07 Å². The lowest BCUT2D eigenvalue weighted by Crippen LogP contribution is -2.30. The zero-order chi connectivity index (χ0) is 13.9. The van der Waals surface area contributed by atoms with E-state index in [0.717, 1.165) is 30.0 Å². The molecule has 2 aromatic carbocycles. The number of anilines is 1. The Balaban J connectivity index is 1.77. The van der Waals surface area contributed by atoms with E-state index >= 15 is 0 Å². The molecule has 2 aromatic rings. The smallest absolute Gasteiger partial charge is 0.231 e. The number of rotatable bonds is 3. The molecule has 0 atom stereocenters. The maximum Gasteiger partial charge on any atom is 0.231 e. The van der Waals surface area contributed by atoms with Gasteiger partial charge in [-0.2, -0.15) is 0 Å². The topological polar surface area (TPSA) is 29.5 Å². The highest BCUT2D eigenvalue weighted by Gasteiger charge is 2.23. The number of carbonyl (C=O) groups is 1. The fourth-order valence-electron chi connectivity index (χ4n) is 2.65. The summed E-state index contributed by atoms with van der Waals surface area (Å²) in [5.41, 5.74) is 3.30. The Morgan fingerprint density at radius 3 is 2.90 bits per heavy atom. The summed E-state index contributed by atoms with van der Waals surface area (Å²) in [6.07, 6.45) is 1.35. The van der Waals surface area contributed by atoms with Crippen molar-refractivity contribution in [3.63, 3.8) is 0 Å². The van der Waals surface area contributed by atoms with Crippen LogP contribution in [0.15, 0.2) is 48.5 Å². The predicted molar refractivity (Wildman–Crippen MR) is 79.2 cm³/mol. The van der Waals surface area contributed by atoms with Gasteiger partial charge in [-0.05, 0) is 35.7 Å². The number of carbonyl (C=O) groups excluding carboxylic acids is 1. The van der Waals surface area contributed by atoms with E-state index in [1.807, 2.05) is 47.4 Å². The molecule has 0 saturated heterocycles. The second kappa shape index (κ2) is 5.37. The lowest BCUT2D eigenvalue weighted by molar-refractivity contribution is -0.117. The number of fused-ring (bicyclic) bond motifs is 1. The van der Waals surface area contributed by atoms with Gasteiger partial charge in [0.1, 0.15) is 5.75 Å². The standard InChI is InChI=1S/C17H17NO2/c1-20-15-7-4-5-13(11-15)12-17(19)18-10-9-14-6-2-3-8-16(14)18/h2-8,11H,9-10,12H2,1H3. The van der Waals surface area contributed by atoms with Gasteiger partial charge in [0.25, 0.3) is 0 Å². The van der Waals surface area contributed by atoms with Crippen LogP contribution in [0.5, 0.6) is 5.75 Å². The quantitative estimate of drug-likeness (QED) is 0.856. The molecular formula is C17H17NO2. The molecule has 0 aromatic heterocycles. The molecule has 3 heteroatoms. The van der Waals surface area contributed by atoms with Gasteiger partial charge in [0.15, 0.2) is 0 Å². The Labute approximate surface area is 118 Å². The van der Waals surface area contributed by atoms with Crippen LogP contribution in [0, 0.1) is 0 Å². The van der Waals surface area contributed by atoms with Crippen molar-refractivity contribution in [3.8, 4) is 5.75 Å². The van der Waals surface area contributed by atoms with Crippen LogP contribution < -0.4 is 9.64 Å². The van der Waals surface area contributed by atoms with Gasteiger partial charge >= 0.3 is 0 Å². The molecule has 102 valence electrons. The van der Waals surface area contributed by atoms with E-state index in [1.165, 1.54) is 5.56 Å². The molecule has 0 fully saturated rings. The molecule has 0 aliphatic carbocycles. The lowest BCUT2D eigenvalue weighted by Gasteiger charge is -2.17. The van der Waals surface area contributed by atoms with Gasteiger partial charge in [0.2, 0.25) is 5.91 Å². The van der Waals surface area contributed by atoms with Crippen molar-refractivity contribution in [1.29, 1.82) is 0 Å². The van der Waals surface area contributed by atoms with Gasteiger partial charge in [-0.25, -0.2) is 0 Å². The molecule has 0 radical (unpaired) electrons. The number of nitrogens with zero attached hydrogens (tertiary/aromatic N) is 1. The molecule has 20 heavy (non-hydrogen) atoms. The molecular weight excluding hydrogens is 250 g/mol. The zero-order valence-electron chi connectivity index (χ0n) is 11.5. The Kier molecular flexibility index (Phi) is 3.42. The lowest BCUT2D eigenvalue weighted by atomic mass is 10.1. The first-order chi connectivity index (χ1) is 9.78. The van der Waals surface area contributed by atoms with E-state index < -0.39 is 0 Å². The third-order valence-corrected chi connectivity index (χ3v) is 3.68. The van der Waals surface area contributed by atoms with Crippen molar-refractivity contribution in [3.05, 3.63) is 59.7 Å². The van der Waals surface area contributed by atoms with Crippen LogP contribution in [0.25, 0.3) is 0 Å². The number of hydrogen-bond donors (Lipinski definition) is 0. The number of hydrogen-bond acceptors (Lipinski definition) is 2. The second-order valence-corrected chi connectivity index (χ2v) is 4.95. The number of benzene rings is 2. The minimum atomic E-state index is 0.142. The van der Waals surface area contributed by atoms with Crippen molar-refractivity contribution in [2.24, 2.45) is 0 Å². The van der Waals surface area contributed by atoms with Crippen LogP contribution >= 0.6 is 0 Å². The molecule has 1 aliphatic rings. The fraction of sp³-hybridized carbons (Fsp3) is 0.235. The molecule has 0 N–H and O–H groups in total. The van der Waals surface area contributed by atoms with Crippen LogP contribution in [0.1, 0.15) is 11.1 Å². The molecule has 3 rings (SSSR count). The SMILES string of the molecule is COc1cccc(CC(=O)N2CCc3ccccc32)c1. The van der Waals surface area contributed by atoms with Gasteiger partial charge in [-0.1, -0.05) is 30.3 Å². The highest BCUT2D eigenvalue weighted by Crippen LogP contribution is 2.28. The summed E-state index contributed by atoms with van der Waals surface area (Å²) in [6, 6.07) is 15.8. The van der Waals surface area contributed by atoms with Gasteiger partial charge in [-0.3, -0.25) is 4.79 Å². The normalized spacial score (nSPS) is 13.2. The Morgan fingerprint density at radius 1 is 1.20 bits per heavy atom. The van der Waals surface area contributed by atoms with Gasteiger partial charge in [0, 0.05) is 12.2 Å². The average molecular weight is 267 g/mol. The summed E-state index contributed by atoms with van der Waals surface area (Å²) in [5, 5.41) is 0. The Hall–Kier alpha value is -2.29. The van der Waals surface area contributed by atoms with E-state index in [0.29, 0.717) is 6.42 Å². The van der Waals surface area contributed by atoms with E-state index in [4.69, 9.17) is 4.74 Å². The van der Waals surface area contributed by atoms with E-state index in [1.54, 1.807) is 7.11 Å². The summed E-state index contributed by atoms with van der Waals surface area (Å²) in [4.78, 5) is 14.3. The minimum Gasteiger partial charge on any atom is -0.497 e. The summed E-state index contributed by atoms with van der Waals surface area (Å²) in [6.45, 7) is 0.780. The number of methoxy groups -OCH3 is 1. The Morgan fingerprint density at radius 2 is 2.05 bits per heavy atom. The van der Waals surface area contributed by atoms with Gasteiger partial charge in [-0.15, -0.1) is 0 Å². The van der Waals surface area contributed by atoms with Gasteiger partial charge < -0.3 is 9.64 Å². The molecule has 0 spiro atoms. The summed E-state index contributed by atoms with van der Waals surface area (Å²) < 4.78 is 5.19. The first kappa shape index (κ1) is 12.7. The van der Waals surface area contributed by atoms with E-state index in [-0.39, 0.29) is 5.91 Å². The number of amides is 1. The van der Waals surface area contributed by atoms with E-state index in [9.17, 15) is 4.79 Å². The van der Waals surface area contributed by atoms with Crippen LogP contribution in [0.4, 0.5) is 5.69 Å². The molecule has 1 amide bonds. The first-order valence-corrected chi connectivity index (χ1v) is 6.79. The maximum absolute atomic E-state index is 12.5. The Bertz CT molecular complexity index is 636. The first-order valence-electron chi connectivity index (χ1n) is 6.79. The van der Waals surface area contributed by atoms with Crippen LogP contribution in [0.3, 0.4) is 0 Å². The average Bonchev–Trinajstić information content (AvgIpc) is 2.91. The minimum absolute atomic E-state index is 0.142. The molecule has 0 saturated carbocycles. The van der Waals surface area contributed by atoms with Crippen molar-refractivity contribution in [2.75, 3.05) is 18.6 Å². The van der Waals surface area contributed by atoms with Crippen LogP contribution in [-0.4, -0.2) is 19.6 Å². The summed E-state index contributed by atoms with van der Waals surface area (Å²) in [5.74, 6) is 0.931. The highest BCUT2D eigenvalue weighted by atomic mass is 16.5. The molecule has 0 unspecified atom stereocenters. The van der Waals surface area contributed by atoms with Crippen LogP contribution in [-0.2, 0) is 17.6 Å². The second-order valence-electron chi connectivity index (χ2n) is 4.95. The predicted octanol–water partition coefficient (Wildman–Crippen LogP) is 2.83. The number of para-hydroxylation sites is 1. The highest BCUT2D eigenvalue weighted by molar-refractivity contribution is 5.96. The van der Waals surface area contributed by atoms with Crippen molar-refractivity contribution in [2.45, 2.75) is 12.8 Å². The van der Waals surface area contributed by atoms with Crippen molar-refractivity contribution < 1.29 is 9.53 Å². The van der Waals surface area contributed by atoms with Crippen LogP contribution in [0.2, 0.25) is 0 Å². The maximum atomic E-state index is 12.5. The monoisotopic (exact) mass is 267 g/mol. The van der Waals surface area contributed by atoms with Gasteiger partial charge in [0.05, 0.1) is 13.5 Å². The molecule has 3 nitrogen and oxygen atoms in total. The third-order valence-electron chi connectivity index (χ3n) is 3.68. The molecule has 0 bridgehead atoms. The molecule has 1 aliphatic heterocycles. The third kappa shape index (κ3) is 2.39. The fourth-order valence-corrected chi connectivity index (χ4v) is 2.65. The largest absolute Gasteiger partial charge is 0.497 e. The number of ether oxygens (including phenoxy) is 1. The summed E-state index contributed by atoms with van der Waals surface area (Å²) in [7, 11) is 1.64. The summed E-state index contributed by atoms with van der Waals surface area (Å²) >= 11 is 0. The zero-order valence-corrected chi connectivity index (χ0v) is 11.5. The van der Waals surface area contributed by atoms with Crippen molar-refractivity contribution >= 4 is 11.6 Å². The molecule has 1 heterocycles.